The van der Waals surface area contributed by atoms with E-state index in [1.165, 1.54) is 12.1 Å². The number of amides is 1. The average molecular weight is 494 g/mol. The number of fused-ring (bicyclic) bond motifs is 1. The van der Waals surface area contributed by atoms with E-state index < -0.39 is 11.6 Å². The zero-order valence-electron chi connectivity index (χ0n) is 20.3. The van der Waals surface area contributed by atoms with E-state index in [1.807, 2.05) is 25.1 Å². The zero-order chi connectivity index (χ0) is 25.2. The Labute approximate surface area is 208 Å². The van der Waals surface area contributed by atoms with E-state index in [2.05, 4.69) is 25.5 Å². The Morgan fingerprint density at radius 1 is 1.17 bits per heavy atom. The maximum Gasteiger partial charge on any atom is 0.257 e. The van der Waals surface area contributed by atoms with E-state index >= 15 is 0 Å². The quantitative estimate of drug-likeness (QED) is 0.424. The number of anilines is 2. The number of aryl methyl sites for hydroxylation is 1. The molecule has 0 aliphatic carbocycles. The number of H-pyrrole nitrogens is 1. The molecule has 2 aliphatic rings. The summed E-state index contributed by atoms with van der Waals surface area (Å²) >= 11 is 0. The normalized spacial score (nSPS) is 17.7. The van der Waals surface area contributed by atoms with Gasteiger partial charge in [-0.2, -0.15) is 0 Å². The lowest BCUT2D eigenvalue weighted by atomic mass is 9.94. The standard InChI is InChI=1S/C27H29F2N5O2/c1-16-15-30-26(31-16)24(17-11-18(28)13-19(29)12-17)25-22-14-21(3-4-23(22)33-27(25)35)32-20-5-7-34(8-6-20)9-10-36-2/h3-4,11-15,20,32H,5-10H2,1-2H3,(H,30,31)(H,33,35)/b25-24-. The van der Waals surface area contributed by atoms with Gasteiger partial charge in [0.25, 0.3) is 5.91 Å². The first-order valence-corrected chi connectivity index (χ1v) is 12.1. The van der Waals surface area contributed by atoms with Crippen molar-refractivity contribution in [2.45, 2.75) is 25.8 Å². The number of nitrogens with zero attached hydrogens (tertiary/aromatic N) is 2. The number of benzene rings is 2. The summed E-state index contributed by atoms with van der Waals surface area (Å²) in [4.78, 5) is 23.1. The monoisotopic (exact) mass is 493 g/mol. The van der Waals surface area contributed by atoms with Crippen LogP contribution in [0.5, 0.6) is 0 Å². The van der Waals surface area contributed by atoms with Crippen LogP contribution in [0.2, 0.25) is 0 Å². The second-order valence-corrected chi connectivity index (χ2v) is 9.29. The van der Waals surface area contributed by atoms with Gasteiger partial charge in [0.15, 0.2) is 0 Å². The summed E-state index contributed by atoms with van der Waals surface area (Å²) < 4.78 is 33.6. The molecule has 3 heterocycles. The molecular weight excluding hydrogens is 464 g/mol. The van der Waals surface area contributed by atoms with Gasteiger partial charge in [-0.05, 0) is 55.7 Å². The summed E-state index contributed by atoms with van der Waals surface area (Å²) in [6.07, 6.45) is 3.62. The number of hydrogen-bond acceptors (Lipinski definition) is 5. The second-order valence-electron chi connectivity index (χ2n) is 9.29. The molecule has 1 aromatic heterocycles. The topological polar surface area (TPSA) is 82.3 Å². The number of aromatic nitrogens is 2. The van der Waals surface area contributed by atoms with E-state index in [9.17, 15) is 13.6 Å². The van der Waals surface area contributed by atoms with Gasteiger partial charge in [-0.1, -0.05) is 0 Å². The molecule has 0 saturated carbocycles. The maximum atomic E-state index is 14.2. The van der Waals surface area contributed by atoms with Gasteiger partial charge in [-0.3, -0.25) is 4.79 Å². The molecule has 9 heteroatoms. The van der Waals surface area contributed by atoms with Gasteiger partial charge in [0.05, 0.1) is 12.2 Å². The second kappa shape index (κ2) is 10.2. The van der Waals surface area contributed by atoms with Crippen molar-refractivity contribution in [1.29, 1.82) is 0 Å². The van der Waals surface area contributed by atoms with Crippen LogP contribution in [0.25, 0.3) is 11.1 Å². The Bertz CT molecular complexity index is 1290. The van der Waals surface area contributed by atoms with Crippen molar-refractivity contribution in [1.82, 2.24) is 14.9 Å². The predicted octanol–water partition coefficient (Wildman–Crippen LogP) is 4.43. The fourth-order valence-electron chi connectivity index (χ4n) is 4.90. The minimum Gasteiger partial charge on any atom is -0.383 e. The van der Waals surface area contributed by atoms with Gasteiger partial charge in [-0.15, -0.1) is 0 Å². The number of rotatable bonds is 7. The van der Waals surface area contributed by atoms with Crippen molar-refractivity contribution in [3.8, 4) is 0 Å². The minimum absolute atomic E-state index is 0.238. The molecule has 0 unspecified atom stereocenters. The van der Waals surface area contributed by atoms with Crippen molar-refractivity contribution in [2.24, 2.45) is 0 Å². The van der Waals surface area contributed by atoms with Crippen molar-refractivity contribution in [3.05, 3.63) is 76.9 Å². The number of carbonyl (C=O) groups excluding carboxylic acids is 1. The van der Waals surface area contributed by atoms with Gasteiger partial charge in [0, 0.05) is 73.3 Å². The lowest BCUT2D eigenvalue weighted by Gasteiger charge is -2.32. The molecule has 188 valence electrons. The number of ether oxygens (including phenoxy) is 1. The van der Waals surface area contributed by atoms with Crippen molar-refractivity contribution < 1.29 is 18.3 Å². The van der Waals surface area contributed by atoms with E-state index in [4.69, 9.17) is 4.74 Å². The van der Waals surface area contributed by atoms with Crippen LogP contribution >= 0.6 is 0 Å². The lowest BCUT2D eigenvalue weighted by Crippen LogP contribution is -2.40. The summed E-state index contributed by atoms with van der Waals surface area (Å²) in [6.45, 7) is 5.47. The first-order chi connectivity index (χ1) is 17.4. The van der Waals surface area contributed by atoms with Gasteiger partial charge < -0.3 is 25.3 Å². The number of aromatic amines is 1. The molecule has 2 aromatic carbocycles. The van der Waals surface area contributed by atoms with Crippen LogP contribution < -0.4 is 10.6 Å². The third-order valence-corrected chi connectivity index (χ3v) is 6.68. The molecular formula is C27H29F2N5O2. The van der Waals surface area contributed by atoms with Crippen LogP contribution in [0.4, 0.5) is 20.2 Å². The van der Waals surface area contributed by atoms with Crippen LogP contribution in [-0.4, -0.2) is 60.2 Å². The smallest absolute Gasteiger partial charge is 0.257 e. The Balaban J connectivity index is 1.50. The van der Waals surface area contributed by atoms with Gasteiger partial charge in [-0.25, -0.2) is 13.8 Å². The zero-order valence-corrected chi connectivity index (χ0v) is 20.3. The van der Waals surface area contributed by atoms with Crippen LogP contribution in [0.1, 0.15) is 35.5 Å². The van der Waals surface area contributed by atoms with Crippen LogP contribution in [0, 0.1) is 18.6 Å². The highest BCUT2D eigenvalue weighted by Gasteiger charge is 2.31. The van der Waals surface area contributed by atoms with E-state index in [1.54, 1.807) is 13.3 Å². The summed E-state index contributed by atoms with van der Waals surface area (Å²) in [5.74, 6) is -1.42. The highest BCUT2D eigenvalue weighted by atomic mass is 19.1. The minimum atomic E-state index is -0.725. The van der Waals surface area contributed by atoms with E-state index in [0.717, 1.165) is 56.5 Å². The molecule has 0 spiro atoms. The largest absolute Gasteiger partial charge is 0.383 e. The van der Waals surface area contributed by atoms with E-state index in [0.29, 0.717) is 34.3 Å². The third kappa shape index (κ3) is 5.03. The first-order valence-electron chi connectivity index (χ1n) is 12.1. The lowest BCUT2D eigenvalue weighted by molar-refractivity contribution is -0.110. The third-order valence-electron chi connectivity index (χ3n) is 6.68. The number of piperidine rings is 1. The van der Waals surface area contributed by atoms with Crippen LogP contribution in [0.3, 0.4) is 0 Å². The van der Waals surface area contributed by atoms with Crippen molar-refractivity contribution in [3.63, 3.8) is 0 Å². The average Bonchev–Trinajstić information content (AvgIpc) is 3.41. The fraction of sp³-hybridized carbons (Fsp3) is 0.333. The highest BCUT2D eigenvalue weighted by molar-refractivity contribution is 6.38. The predicted molar refractivity (Wildman–Crippen MR) is 136 cm³/mol. The molecule has 0 radical (unpaired) electrons. The fourth-order valence-corrected chi connectivity index (χ4v) is 4.90. The molecule has 36 heavy (non-hydrogen) atoms. The molecule has 3 N–H and O–H groups in total. The highest BCUT2D eigenvalue weighted by Crippen LogP contribution is 2.41. The Kier molecular flexibility index (Phi) is 6.84. The van der Waals surface area contributed by atoms with Gasteiger partial charge in [0.2, 0.25) is 0 Å². The SMILES string of the molecule is COCCN1CCC(Nc2ccc3c(c2)/C(=C(\c2cc(F)cc(F)c2)c2ncc(C)[nH]2)C(=O)N3)CC1. The van der Waals surface area contributed by atoms with Gasteiger partial charge >= 0.3 is 0 Å². The van der Waals surface area contributed by atoms with Crippen LogP contribution in [0.15, 0.2) is 42.6 Å². The van der Waals surface area contributed by atoms with Crippen molar-refractivity contribution in [2.75, 3.05) is 44.0 Å². The van der Waals surface area contributed by atoms with Crippen molar-refractivity contribution >= 4 is 28.4 Å². The summed E-state index contributed by atoms with van der Waals surface area (Å²) in [6, 6.07) is 9.27. The number of methoxy groups -OCH3 is 1. The molecule has 3 aromatic rings. The number of carbonyl (C=O) groups is 1. The number of halogens is 2. The van der Waals surface area contributed by atoms with Crippen LogP contribution in [-0.2, 0) is 9.53 Å². The Morgan fingerprint density at radius 3 is 2.58 bits per heavy atom. The molecule has 2 aliphatic heterocycles. The number of hydrogen-bond donors (Lipinski definition) is 3. The summed E-state index contributed by atoms with van der Waals surface area (Å²) in [7, 11) is 1.72. The summed E-state index contributed by atoms with van der Waals surface area (Å²) in [5, 5.41) is 6.49. The Morgan fingerprint density at radius 2 is 1.92 bits per heavy atom. The summed E-state index contributed by atoms with van der Waals surface area (Å²) in [5.41, 5.74) is 3.87. The molecule has 0 atom stereocenters. The number of likely N-dealkylation sites (tertiary alicyclic amines) is 1. The molecule has 1 saturated heterocycles. The first kappa shape index (κ1) is 24.1. The number of nitrogens with one attached hydrogen (secondary N) is 3. The molecule has 1 fully saturated rings. The molecule has 5 rings (SSSR count). The van der Waals surface area contributed by atoms with E-state index in [-0.39, 0.29) is 11.5 Å². The van der Waals surface area contributed by atoms with Gasteiger partial charge in [0.1, 0.15) is 17.5 Å². The molecule has 0 bridgehead atoms. The molecule has 7 nitrogen and oxygen atoms in total. The molecule has 1 amide bonds. The maximum absolute atomic E-state index is 14.2. The Hall–Kier alpha value is -3.56. The number of imidazole rings is 1.